The maximum absolute atomic E-state index is 13.1. The Kier molecular flexibility index (Phi) is 5.61. The van der Waals surface area contributed by atoms with E-state index in [1.807, 2.05) is 0 Å². The minimum absolute atomic E-state index is 0.138. The number of rotatable bonds is 5. The molecule has 0 spiro atoms. The van der Waals surface area contributed by atoms with E-state index < -0.39 is 23.5 Å². The van der Waals surface area contributed by atoms with Gasteiger partial charge in [-0.15, -0.1) is 0 Å². The second-order valence-electron chi connectivity index (χ2n) is 4.49. The molecule has 110 valence electrons. The normalized spacial score (nSPS) is 10.5. The summed E-state index contributed by atoms with van der Waals surface area (Å²) >= 11 is 0. The monoisotopic (exact) mass is 285 g/mol. The third kappa shape index (κ3) is 4.29. The third-order valence-electron chi connectivity index (χ3n) is 2.60. The van der Waals surface area contributed by atoms with Crippen molar-refractivity contribution in [1.29, 1.82) is 0 Å². The number of benzene rings is 1. The van der Waals surface area contributed by atoms with Crippen LogP contribution in [0.4, 0.5) is 8.78 Å². The lowest BCUT2D eigenvalue weighted by Crippen LogP contribution is -2.41. The summed E-state index contributed by atoms with van der Waals surface area (Å²) in [7, 11) is 0. The molecule has 0 saturated heterocycles. The number of esters is 1. The van der Waals surface area contributed by atoms with Crippen molar-refractivity contribution in [2.75, 3.05) is 13.2 Å². The lowest BCUT2D eigenvalue weighted by atomic mass is 10.1. The van der Waals surface area contributed by atoms with Crippen LogP contribution in [-0.2, 0) is 9.53 Å². The highest BCUT2D eigenvalue weighted by Crippen LogP contribution is 2.13. The van der Waals surface area contributed by atoms with Gasteiger partial charge in [-0.25, -0.2) is 8.78 Å². The van der Waals surface area contributed by atoms with Gasteiger partial charge in [0.1, 0.15) is 18.2 Å². The van der Waals surface area contributed by atoms with Crippen molar-refractivity contribution in [1.82, 2.24) is 4.90 Å². The van der Waals surface area contributed by atoms with Crippen LogP contribution in [0, 0.1) is 11.6 Å². The Balaban J connectivity index is 2.96. The topological polar surface area (TPSA) is 46.6 Å². The lowest BCUT2D eigenvalue weighted by Gasteiger charge is -2.25. The summed E-state index contributed by atoms with van der Waals surface area (Å²) in [5, 5.41) is 0. The van der Waals surface area contributed by atoms with Crippen molar-refractivity contribution in [3.8, 4) is 0 Å². The minimum atomic E-state index is -0.840. The maximum Gasteiger partial charge on any atom is 0.325 e. The van der Waals surface area contributed by atoms with E-state index in [0.717, 1.165) is 12.1 Å². The van der Waals surface area contributed by atoms with Crippen molar-refractivity contribution in [2.45, 2.75) is 26.8 Å². The van der Waals surface area contributed by atoms with E-state index in [9.17, 15) is 18.4 Å². The Morgan fingerprint density at radius 3 is 2.20 bits per heavy atom. The van der Waals surface area contributed by atoms with Crippen LogP contribution in [-0.4, -0.2) is 36.0 Å². The van der Waals surface area contributed by atoms with E-state index in [1.165, 1.54) is 4.90 Å². The smallest absolute Gasteiger partial charge is 0.325 e. The summed E-state index contributed by atoms with van der Waals surface area (Å²) in [4.78, 5) is 24.9. The molecule has 0 unspecified atom stereocenters. The molecule has 0 atom stereocenters. The number of amides is 1. The van der Waals surface area contributed by atoms with Crippen LogP contribution in [0.25, 0.3) is 0 Å². The fraction of sp³-hybridized carbons (Fsp3) is 0.429. The van der Waals surface area contributed by atoms with Gasteiger partial charge in [0.2, 0.25) is 0 Å². The van der Waals surface area contributed by atoms with E-state index in [-0.39, 0.29) is 24.8 Å². The number of nitrogens with zero attached hydrogens (tertiary/aromatic N) is 1. The SMILES string of the molecule is CCOC(=O)CN(C(=O)c1cc(F)cc(F)c1)C(C)C. The molecule has 1 amide bonds. The highest BCUT2D eigenvalue weighted by atomic mass is 19.1. The van der Waals surface area contributed by atoms with Crippen LogP contribution >= 0.6 is 0 Å². The Bertz CT molecular complexity index is 483. The zero-order chi connectivity index (χ0) is 15.3. The van der Waals surface area contributed by atoms with Crippen molar-refractivity contribution < 1.29 is 23.1 Å². The standard InChI is InChI=1S/C14H17F2NO3/c1-4-20-13(18)8-17(9(2)3)14(19)10-5-11(15)7-12(16)6-10/h5-7,9H,4,8H2,1-3H3. The molecular formula is C14H17F2NO3. The molecule has 0 aliphatic carbocycles. The number of carbonyl (C=O) groups is 2. The van der Waals surface area contributed by atoms with Gasteiger partial charge in [-0.05, 0) is 32.9 Å². The minimum Gasteiger partial charge on any atom is -0.465 e. The summed E-state index contributed by atoms with van der Waals surface area (Å²) in [6.07, 6.45) is 0. The van der Waals surface area contributed by atoms with Gasteiger partial charge < -0.3 is 9.64 Å². The molecule has 0 radical (unpaired) electrons. The molecule has 1 aromatic rings. The fourth-order valence-corrected chi connectivity index (χ4v) is 1.68. The van der Waals surface area contributed by atoms with E-state index in [4.69, 9.17) is 4.74 Å². The van der Waals surface area contributed by atoms with E-state index >= 15 is 0 Å². The zero-order valence-electron chi connectivity index (χ0n) is 11.7. The molecule has 0 aromatic heterocycles. The number of halogens is 2. The van der Waals surface area contributed by atoms with Gasteiger partial charge in [0.05, 0.1) is 6.61 Å². The van der Waals surface area contributed by atoms with Gasteiger partial charge >= 0.3 is 5.97 Å². The number of hydrogen-bond acceptors (Lipinski definition) is 3. The summed E-state index contributed by atoms with van der Waals surface area (Å²) < 4.78 is 31.0. The first-order valence-corrected chi connectivity index (χ1v) is 6.27. The predicted octanol–water partition coefficient (Wildman–Crippen LogP) is 2.38. The van der Waals surface area contributed by atoms with E-state index in [2.05, 4.69) is 0 Å². The number of ether oxygens (including phenoxy) is 1. The predicted molar refractivity (Wildman–Crippen MR) is 69.2 cm³/mol. The maximum atomic E-state index is 13.1. The largest absolute Gasteiger partial charge is 0.465 e. The summed E-state index contributed by atoms with van der Waals surface area (Å²) in [5.41, 5.74) is -0.138. The lowest BCUT2D eigenvalue weighted by molar-refractivity contribution is -0.144. The molecule has 0 N–H and O–H groups in total. The molecule has 0 aliphatic rings. The van der Waals surface area contributed by atoms with Gasteiger partial charge in [0.25, 0.3) is 5.91 Å². The Morgan fingerprint density at radius 1 is 1.20 bits per heavy atom. The average Bonchev–Trinajstić information content (AvgIpc) is 2.34. The second-order valence-corrected chi connectivity index (χ2v) is 4.49. The van der Waals surface area contributed by atoms with Crippen molar-refractivity contribution >= 4 is 11.9 Å². The zero-order valence-corrected chi connectivity index (χ0v) is 11.7. The second kappa shape index (κ2) is 6.98. The summed E-state index contributed by atoms with van der Waals surface area (Å²) in [6, 6.07) is 2.25. The fourth-order valence-electron chi connectivity index (χ4n) is 1.68. The van der Waals surface area contributed by atoms with Gasteiger partial charge in [0.15, 0.2) is 0 Å². The summed E-state index contributed by atoms with van der Waals surface area (Å²) in [5.74, 6) is -2.86. The van der Waals surface area contributed by atoms with Crippen molar-refractivity contribution in [3.05, 3.63) is 35.4 Å². The number of hydrogen-bond donors (Lipinski definition) is 0. The molecule has 6 heteroatoms. The van der Waals surface area contributed by atoms with Gasteiger partial charge in [-0.1, -0.05) is 0 Å². The molecule has 1 aromatic carbocycles. The first-order chi connectivity index (χ1) is 9.35. The molecule has 0 fully saturated rings. The van der Waals surface area contributed by atoms with Crippen LogP contribution < -0.4 is 0 Å². The quantitative estimate of drug-likeness (QED) is 0.780. The van der Waals surface area contributed by atoms with E-state index in [1.54, 1.807) is 20.8 Å². The van der Waals surface area contributed by atoms with Crippen LogP contribution in [0.3, 0.4) is 0 Å². The molecule has 0 heterocycles. The first kappa shape index (κ1) is 16.1. The Labute approximate surface area is 116 Å². The van der Waals surface area contributed by atoms with Crippen LogP contribution in [0.15, 0.2) is 18.2 Å². The molecular weight excluding hydrogens is 268 g/mol. The van der Waals surface area contributed by atoms with Gasteiger partial charge in [-0.2, -0.15) is 0 Å². The van der Waals surface area contributed by atoms with E-state index in [0.29, 0.717) is 6.07 Å². The molecule has 20 heavy (non-hydrogen) atoms. The molecule has 0 aliphatic heterocycles. The van der Waals surface area contributed by atoms with Crippen LogP contribution in [0.5, 0.6) is 0 Å². The molecule has 0 bridgehead atoms. The van der Waals surface area contributed by atoms with Crippen LogP contribution in [0.1, 0.15) is 31.1 Å². The molecule has 4 nitrogen and oxygen atoms in total. The highest BCUT2D eigenvalue weighted by Gasteiger charge is 2.23. The van der Waals surface area contributed by atoms with Crippen molar-refractivity contribution in [3.63, 3.8) is 0 Å². The third-order valence-corrected chi connectivity index (χ3v) is 2.60. The average molecular weight is 285 g/mol. The summed E-state index contributed by atoms with van der Waals surface area (Å²) in [6.45, 7) is 5.00. The Hall–Kier alpha value is -1.98. The van der Waals surface area contributed by atoms with Crippen LogP contribution in [0.2, 0.25) is 0 Å². The first-order valence-electron chi connectivity index (χ1n) is 6.27. The van der Waals surface area contributed by atoms with Gasteiger partial charge in [-0.3, -0.25) is 9.59 Å². The van der Waals surface area contributed by atoms with Crippen molar-refractivity contribution in [2.24, 2.45) is 0 Å². The molecule has 0 saturated carbocycles. The molecule has 1 rings (SSSR count). The van der Waals surface area contributed by atoms with Gasteiger partial charge in [0, 0.05) is 17.7 Å². The number of carbonyl (C=O) groups excluding carboxylic acids is 2. The highest BCUT2D eigenvalue weighted by molar-refractivity contribution is 5.96. The Morgan fingerprint density at radius 2 is 1.75 bits per heavy atom.